The second-order valence-electron chi connectivity index (χ2n) is 8.59. The molecule has 1 aliphatic carbocycles. The first-order valence-electron chi connectivity index (χ1n) is 11.1. The van der Waals surface area contributed by atoms with Crippen LogP contribution in [0.25, 0.3) is 11.3 Å². The summed E-state index contributed by atoms with van der Waals surface area (Å²) in [5.41, 5.74) is 4.58. The quantitative estimate of drug-likeness (QED) is 0.589. The van der Waals surface area contributed by atoms with Gasteiger partial charge >= 0.3 is 0 Å². The van der Waals surface area contributed by atoms with Crippen molar-refractivity contribution < 1.29 is 13.9 Å². The van der Waals surface area contributed by atoms with E-state index in [1.807, 2.05) is 24.3 Å². The highest BCUT2D eigenvalue weighted by molar-refractivity contribution is 5.97. The van der Waals surface area contributed by atoms with E-state index in [1.54, 1.807) is 23.2 Å². The number of nitrogens with one attached hydrogen (secondary N) is 1. The largest absolute Gasteiger partial charge is 0.489 e. The van der Waals surface area contributed by atoms with Crippen LogP contribution in [-0.4, -0.2) is 27.2 Å². The van der Waals surface area contributed by atoms with Crippen LogP contribution in [0.15, 0.2) is 72.5 Å². The van der Waals surface area contributed by atoms with Gasteiger partial charge in [-0.1, -0.05) is 38.1 Å². The first-order valence-corrected chi connectivity index (χ1v) is 11.1. The van der Waals surface area contributed by atoms with Crippen LogP contribution in [0.2, 0.25) is 0 Å². The van der Waals surface area contributed by atoms with Crippen LogP contribution in [0.4, 0.5) is 4.39 Å². The number of nitrogens with zero attached hydrogens (tertiary/aromatic N) is 3. The molecule has 1 N–H and O–H groups in total. The molecule has 33 heavy (non-hydrogen) atoms. The first-order chi connectivity index (χ1) is 16.0. The second-order valence-corrected chi connectivity index (χ2v) is 8.59. The van der Waals surface area contributed by atoms with Gasteiger partial charge < -0.3 is 10.1 Å². The van der Waals surface area contributed by atoms with Crippen LogP contribution in [0.3, 0.4) is 0 Å². The van der Waals surface area contributed by atoms with E-state index in [1.165, 1.54) is 11.6 Å². The summed E-state index contributed by atoms with van der Waals surface area (Å²) < 4.78 is 22.8. The summed E-state index contributed by atoms with van der Waals surface area (Å²) in [5.74, 6) is -0.445. The molecule has 0 spiro atoms. The summed E-state index contributed by atoms with van der Waals surface area (Å²) in [5, 5.41) is 7.50. The molecule has 0 bridgehead atoms. The average molecular weight is 445 g/mol. The van der Waals surface area contributed by atoms with Crippen molar-refractivity contribution in [1.82, 2.24) is 20.1 Å². The van der Waals surface area contributed by atoms with Gasteiger partial charge in [-0.3, -0.25) is 14.5 Å². The van der Waals surface area contributed by atoms with Gasteiger partial charge in [0.05, 0.1) is 18.2 Å². The highest BCUT2D eigenvalue weighted by atomic mass is 19.1. The van der Waals surface area contributed by atoms with Gasteiger partial charge in [0.15, 0.2) is 0 Å². The number of hydrogen-bond donors (Lipinski definition) is 1. The van der Waals surface area contributed by atoms with E-state index >= 15 is 4.39 Å². The molecule has 3 aromatic rings. The maximum absolute atomic E-state index is 15.2. The van der Waals surface area contributed by atoms with E-state index in [0.717, 1.165) is 11.1 Å². The van der Waals surface area contributed by atoms with Crippen LogP contribution in [0.5, 0.6) is 0 Å². The number of benzene rings is 1. The number of allylic oxidation sites excluding steroid dienone is 3. The number of amides is 1. The number of halogens is 1. The summed E-state index contributed by atoms with van der Waals surface area (Å²) in [4.78, 5) is 16.8. The predicted molar refractivity (Wildman–Crippen MR) is 123 cm³/mol. The standard InChI is InChI=1S/C26H25FN4O2/c1-16(2)18-5-3-17(4-6-18)15-33-20-13-21(22(27)14-20)23-24(19-7-9-28-10-8-19)30-31-12-11-29-26(32)25(23)31/h3-10,13-14,16,21H,11-12,15H2,1-2H3,(H,29,32). The monoisotopic (exact) mass is 444 g/mol. The zero-order chi connectivity index (χ0) is 22.9. The highest BCUT2D eigenvalue weighted by Gasteiger charge is 2.35. The van der Waals surface area contributed by atoms with E-state index in [0.29, 0.717) is 48.3 Å². The molecular formula is C26H25FN4O2. The average Bonchev–Trinajstić information content (AvgIpc) is 3.39. The Morgan fingerprint density at radius 3 is 2.67 bits per heavy atom. The summed E-state index contributed by atoms with van der Waals surface area (Å²) >= 11 is 0. The lowest BCUT2D eigenvalue weighted by molar-refractivity contribution is 0.0923. The van der Waals surface area contributed by atoms with E-state index in [9.17, 15) is 4.79 Å². The topological polar surface area (TPSA) is 69.0 Å². The van der Waals surface area contributed by atoms with Crippen LogP contribution in [0, 0.1) is 0 Å². The molecular weight excluding hydrogens is 419 g/mol. The van der Waals surface area contributed by atoms with Crippen molar-refractivity contribution in [3.63, 3.8) is 0 Å². The Morgan fingerprint density at radius 1 is 1.18 bits per heavy atom. The first kappa shape index (κ1) is 21.1. The third-order valence-electron chi connectivity index (χ3n) is 6.04. The maximum Gasteiger partial charge on any atom is 0.269 e. The lowest BCUT2D eigenvalue weighted by Gasteiger charge is -2.17. The van der Waals surface area contributed by atoms with Gasteiger partial charge in [-0.2, -0.15) is 5.10 Å². The van der Waals surface area contributed by atoms with Crippen LogP contribution >= 0.6 is 0 Å². The Hall–Kier alpha value is -3.74. The van der Waals surface area contributed by atoms with E-state index in [-0.39, 0.29) is 11.7 Å². The number of fused-ring (bicyclic) bond motifs is 1. The number of carbonyl (C=O) groups is 1. The van der Waals surface area contributed by atoms with Gasteiger partial charge in [0, 0.05) is 36.1 Å². The van der Waals surface area contributed by atoms with Crippen molar-refractivity contribution in [1.29, 1.82) is 0 Å². The van der Waals surface area contributed by atoms with Gasteiger partial charge in [-0.25, -0.2) is 4.39 Å². The van der Waals surface area contributed by atoms with Gasteiger partial charge in [-0.05, 0) is 35.3 Å². The molecule has 7 heteroatoms. The third-order valence-corrected chi connectivity index (χ3v) is 6.04. The van der Waals surface area contributed by atoms with Crippen molar-refractivity contribution in [2.24, 2.45) is 0 Å². The molecule has 0 saturated heterocycles. The fourth-order valence-electron chi connectivity index (χ4n) is 4.25. The third kappa shape index (κ3) is 4.06. The molecule has 2 aromatic heterocycles. The summed E-state index contributed by atoms with van der Waals surface area (Å²) in [6.07, 6.45) is 6.44. The lowest BCUT2D eigenvalue weighted by Crippen LogP contribution is -2.36. The van der Waals surface area contributed by atoms with Gasteiger partial charge in [0.25, 0.3) is 5.91 Å². The number of rotatable bonds is 6. The van der Waals surface area contributed by atoms with Crippen molar-refractivity contribution >= 4 is 5.91 Å². The molecule has 0 saturated carbocycles. The minimum atomic E-state index is -0.737. The Balaban J connectivity index is 1.45. The molecule has 1 atom stereocenters. The fourth-order valence-corrected chi connectivity index (χ4v) is 4.25. The van der Waals surface area contributed by atoms with Crippen molar-refractivity contribution in [3.05, 3.63) is 94.9 Å². The van der Waals surface area contributed by atoms with Crippen molar-refractivity contribution in [2.45, 2.75) is 38.8 Å². The Bertz CT molecular complexity index is 1240. The van der Waals surface area contributed by atoms with E-state index < -0.39 is 5.92 Å². The predicted octanol–water partition coefficient (Wildman–Crippen LogP) is 4.86. The molecule has 3 heterocycles. The van der Waals surface area contributed by atoms with Crippen molar-refractivity contribution in [2.75, 3.05) is 6.54 Å². The van der Waals surface area contributed by atoms with E-state index in [4.69, 9.17) is 4.74 Å². The molecule has 1 aliphatic heterocycles. The molecule has 0 fully saturated rings. The second kappa shape index (κ2) is 8.65. The smallest absolute Gasteiger partial charge is 0.269 e. The zero-order valence-electron chi connectivity index (χ0n) is 18.6. The summed E-state index contributed by atoms with van der Waals surface area (Å²) in [6, 6.07) is 11.9. The maximum atomic E-state index is 15.2. The van der Waals surface area contributed by atoms with Crippen LogP contribution in [-0.2, 0) is 17.9 Å². The van der Waals surface area contributed by atoms with Crippen LogP contribution in [0.1, 0.15) is 52.9 Å². The lowest BCUT2D eigenvalue weighted by atomic mass is 9.93. The van der Waals surface area contributed by atoms with Gasteiger partial charge in [0.2, 0.25) is 0 Å². The van der Waals surface area contributed by atoms with Gasteiger partial charge in [-0.15, -0.1) is 0 Å². The molecule has 2 aliphatic rings. The van der Waals surface area contributed by atoms with Gasteiger partial charge in [0.1, 0.15) is 23.9 Å². The molecule has 1 amide bonds. The molecule has 1 unspecified atom stereocenters. The normalized spacial score (nSPS) is 17.5. The Kier molecular flexibility index (Phi) is 5.54. The summed E-state index contributed by atoms with van der Waals surface area (Å²) in [6.45, 7) is 5.67. The zero-order valence-corrected chi connectivity index (χ0v) is 18.6. The molecule has 6 nitrogen and oxygen atoms in total. The molecule has 1 aromatic carbocycles. The molecule has 0 radical (unpaired) electrons. The fraction of sp³-hybridized carbons (Fsp3) is 0.269. The number of aromatic nitrogens is 3. The SMILES string of the molecule is CC(C)c1ccc(COC2=CC(c3c(-c4ccncc4)nn4c3C(=O)NCC4)C(F)=C2)cc1. The minimum Gasteiger partial charge on any atom is -0.489 e. The number of carbonyl (C=O) groups excluding carboxylic acids is 1. The van der Waals surface area contributed by atoms with E-state index in [2.05, 4.69) is 41.4 Å². The molecule has 5 rings (SSSR count). The highest BCUT2D eigenvalue weighted by Crippen LogP contribution is 2.41. The Morgan fingerprint density at radius 2 is 1.94 bits per heavy atom. The number of ether oxygens (including phenoxy) is 1. The van der Waals surface area contributed by atoms with Crippen LogP contribution < -0.4 is 5.32 Å². The number of hydrogen-bond acceptors (Lipinski definition) is 4. The van der Waals surface area contributed by atoms with Crippen molar-refractivity contribution in [3.8, 4) is 11.3 Å². The summed E-state index contributed by atoms with van der Waals surface area (Å²) in [7, 11) is 0. The number of pyridine rings is 1. The minimum absolute atomic E-state index is 0.245. The molecule has 168 valence electrons. The Labute approximate surface area is 191 Å².